The lowest BCUT2D eigenvalue weighted by atomic mass is 9.87. The number of carbonyl (C=O) groups is 1. The highest BCUT2D eigenvalue weighted by atomic mass is 19.3. The molecule has 1 amide bonds. The van der Waals surface area contributed by atoms with Gasteiger partial charge in [-0.15, -0.1) is 0 Å². The summed E-state index contributed by atoms with van der Waals surface area (Å²) < 4.78 is 27.9. The van der Waals surface area contributed by atoms with Crippen LogP contribution in [0, 0.1) is 0 Å². The van der Waals surface area contributed by atoms with E-state index in [0.29, 0.717) is 18.5 Å². The molecule has 1 aliphatic rings. The number of anilines is 3. The van der Waals surface area contributed by atoms with Crippen LogP contribution in [-0.4, -0.2) is 38.9 Å². The molecule has 0 aliphatic heterocycles. The van der Waals surface area contributed by atoms with Crippen LogP contribution >= 0.6 is 0 Å². The van der Waals surface area contributed by atoms with Crippen LogP contribution in [0.3, 0.4) is 0 Å². The fourth-order valence-corrected chi connectivity index (χ4v) is 3.58. The molecule has 1 aromatic carbocycles. The fourth-order valence-electron chi connectivity index (χ4n) is 3.58. The monoisotopic (exact) mass is 413 g/mol. The van der Waals surface area contributed by atoms with Gasteiger partial charge in [0.25, 0.3) is 11.8 Å². The zero-order chi connectivity index (χ0) is 21.3. The van der Waals surface area contributed by atoms with Crippen molar-refractivity contribution in [1.82, 2.24) is 15.0 Å². The molecule has 0 radical (unpaired) electrons. The van der Waals surface area contributed by atoms with Gasteiger partial charge in [-0.1, -0.05) is 6.07 Å². The standard InChI is InChI=1S/C20H21F2N7O/c21-20(22)6-1-2-14(17(20)23)28-15-10-26-16(18(24)30)19(29-15)27-13-4-3-11-5-7-25-9-12(11)8-13/h3-5,7-10,14,17H,1-2,6,23H2,(H2,24,30)(H2,27,28,29)/t14-,17-/m1/s1. The van der Waals surface area contributed by atoms with Crippen molar-refractivity contribution in [2.45, 2.75) is 37.3 Å². The molecular weight excluding hydrogens is 392 g/mol. The maximum atomic E-state index is 13.9. The van der Waals surface area contributed by atoms with Gasteiger partial charge in [0, 0.05) is 35.9 Å². The normalized spacial score (nSPS) is 20.6. The number of alkyl halides is 2. The van der Waals surface area contributed by atoms with E-state index in [-0.39, 0.29) is 23.8 Å². The van der Waals surface area contributed by atoms with Crippen molar-refractivity contribution in [2.24, 2.45) is 11.5 Å². The van der Waals surface area contributed by atoms with Crippen molar-refractivity contribution in [3.05, 3.63) is 48.5 Å². The van der Waals surface area contributed by atoms with Gasteiger partial charge < -0.3 is 22.1 Å². The molecule has 2 heterocycles. The van der Waals surface area contributed by atoms with Crippen molar-refractivity contribution < 1.29 is 13.6 Å². The van der Waals surface area contributed by atoms with E-state index >= 15 is 0 Å². The second-order valence-electron chi connectivity index (χ2n) is 7.31. The summed E-state index contributed by atoms with van der Waals surface area (Å²) in [5.41, 5.74) is 11.7. The summed E-state index contributed by atoms with van der Waals surface area (Å²) in [6.45, 7) is 0. The number of benzene rings is 1. The van der Waals surface area contributed by atoms with E-state index < -0.39 is 23.9 Å². The Bertz CT molecular complexity index is 1090. The van der Waals surface area contributed by atoms with Crippen LogP contribution in [0.4, 0.5) is 26.1 Å². The number of amides is 1. The van der Waals surface area contributed by atoms with Gasteiger partial charge in [0.1, 0.15) is 5.82 Å². The largest absolute Gasteiger partial charge is 0.364 e. The summed E-state index contributed by atoms with van der Waals surface area (Å²) in [6.07, 6.45) is 5.29. The van der Waals surface area contributed by atoms with Gasteiger partial charge in [-0.05, 0) is 36.4 Å². The molecule has 0 spiro atoms. The average Bonchev–Trinajstić information content (AvgIpc) is 2.71. The van der Waals surface area contributed by atoms with E-state index in [1.165, 1.54) is 6.20 Å². The summed E-state index contributed by atoms with van der Waals surface area (Å²) in [4.78, 5) is 24.3. The van der Waals surface area contributed by atoms with E-state index in [4.69, 9.17) is 11.5 Å². The Labute approximate surface area is 171 Å². The highest BCUT2D eigenvalue weighted by Gasteiger charge is 2.44. The number of fused-ring (bicyclic) bond motifs is 1. The molecule has 0 saturated heterocycles. The smallest absolute Gasteiger partial charge is 0.271 e. The molecule has 3 aromatic rings. The van der Waals surface area contributed by atoms with Gasteiger partial charge in [-0.25, -0.2) is 18.7 Å². The van der Waals surface area contributed by atoms with Crippen LogP contribution in [0.1, 0.15) is 29.8 Å². The fraction of sp³-hybridized carbons (Fsp3) is 0.300. The molecule has 1 saturated carbocycles. The third-order valence-electron chi connectivity index (χ3n) is 5.19. The molecule has 1 aliphatic carbocycles. The zero-order valence-electron chi connectivity index (χ0n) is 16.0. The number of nitrogens with zero attached hydrogens (tertiary/aromatic N) is 3. The van der Waals surface area contributed by atoms with Crippen LogP contribution in [0.25, 0.3) is 10.8 Å². The van der Waals surface area contributed by atoms with E-state index in [2.05, 4.69) is 25.6 Å². The van der Waals surface area contributed by atoms with Crippen molar-refractivity contribution in [3.8, 4) is 0 Å². The molecule has 6 N–H and O–H groups in total. The van der Waals surface area contributed by atoms with Crippen LogP contribution in [0.5, 0.6) is 0 Å². The lowest BCUT2D eigenvalue weighted by Gasteiger charge is -2.36. The number of nitrogens with one attached hydrogen (secondary N) is 2. The first-order valence-electron chi connectivity index (χ1n) is 9.51. The Morgan fingerprint density at radius 3 is 2.83 bits per heavy atom. The number of nitrogens with two attached hydrogens (primary N) is 2. The Hall–Kier alpha value is -3.40. The minimum Gasteiger partial charge on any atom is -0.364 e. The predicted octanol–water partition coefficient (Wildman–Crippen LogP) is 2.79. The van der Waals surface area contributed by atoms with Crippen LogP contribution in [-0.2, 0) is 0 Å². The molecule has 10 heteroatoms. The number of hydrogen-bond acceptors (Lipinski definition) is 7. The SMILES string of the molecule is NC(=O)c1ncc(N[C@@H]2CCCC(F)(F)[C@@H]2N)nc1Nc1ccc2ccncc2c1. The van der Waals surface area contributed by atoms with Gasteiger partial charge in [0.2, 0.25) is 0 Å². The van der Waals surface area contributed by atoms with Crippen molar-refractivity contribution in [3.63, 3.8) is 0 Å². The zero-order valence-corrected chi connectivity index (χ0v) is 16.0. The summed E-state index contributed by atoms with van der Waals surface area (Å²) in [5.74, 6) is -3.37. The Morgan fingerprint density at radius 2 is 2.03 bits per heavy atom. The van der Waals surface area contributed by atoms with E-state index in [1.807, 2.05) is 24.3 Å². The van der Waals surface area contributed by atoms with Crippen molar-refractivity contribution >= 4 is 34.0 Å². The highest BCUT2D eigenvalue weighted by Crippen LogP contribution is 2.34. The third-order valence-corrected chi connectivity index (χ3v) is 5.19. The lowest BCUT2D eigenvalue weighted by molar-refractivity contribution is -0.0554. The minimum absolute atomic E-state index is 0.0647. The summed E-state index contributed by atoms with van der Waals surface area (Å²) in [7, 11) is 0. The van der Waals surface area contributed by atoms with Gasteiger partial charge in [-0.3, -0.25) is 9.78 Å². The molecule has 2 atom stereocenters. The first-order chi connectivity index (χ1) is 14.3. The third kappa shape index (κ3) is 3.99. The number of halogens is 2. The molecule has 1 fully saturated rings. The molecular formula is C20H21F2N7O. The molecule has 8 nitrogen and oxygen atoms in total. The van der Waals surface area contributed by atoms with Gasteiger partial charge in [-0.2, -0.15) is 0 Å². The molecule has 30 heavy (non-hydrogen) atoms. The molecule has 0 unspecified atom stereocenters. The van der Waals surface area contributed by atoms with E-state index in [9.17, 15) is 13.6 Å². The number of primary amides is 1. The van der Waals surface area contributed by atoms with Crippen molar-refractivity contribution in [1.29, 1.82) is 0 Å². The summed E-state index contributed by atoms with van der Waals surface area (Å²) in [6, 6.07) is 5.41. The maximum Gasteiger partial charge on any atom is 0.271 e. The van der Waals surface area contributed by atoms with Gasteiger partial charge in [0.15, 0.2) is 11.5 Å². The quantitative estimate of drug-likeness (QED) is 0.506. The topological polar surface area (TPSA) is 132 Å². The second-order valence-corrected chi connectivity index (χ2v) is 7.31. The Kier molecular flexibility index (Phi) is 5.17. The molecule has 4 rings (SSSR count). The highest BCUT2D eigenvalue weighted by molar-refractivity contribution is 5.96. The number of aromatic nitrogens is 3. The molecule has 0 bridgehead atoms. The second kappa shape index (κ2) is 7.79. The summed E-state index contributed by atoms with van der Waals surface area (Å²) >= 11 is 0. The van der Waals surface area contributed by atoms with Gasteiger partial charge >= 0.3 is 0 Å². The van der Waals surface area contributed by atoms with Crippen LogP contribution in [0.15, 0.2) is 42.9 Å². The maximum absolute atomic E-state index is 13.9. The lowest BCUT2D eigenvalue weighted by Crippen LogP contribution is -2.55. The number of rotatable bonds is 5. The van der Waals surface area contributed by atoms with E-state index in [0.717, 1.165) is 10.8 Å². The first kappa shape index (κ1) is 19.9. The number of hydrogen-bond donors (Lipinski definition) is 4. The molecule has 2 aromatic heterocycles. The van der Waals surface area contributed by atoms with Crippen LogP contribution < -0.4 is 22.1 Å². The Morgan fingerprint density at radius 1 is 1.20 bits per heavy atom. The molecule has 156 valence electrons. The summed E-state index contributed by atoms with van der Waals surface area (Å²) in [5, 5.41) is 7.85. The van der Waals surface area contributed by atoms with Gasteiger partial charge in [0.05, 0.1) is 12.2 Å². The first-order valence-corrected chi connectivity index (χ1v) is 9.51. The predicted molar refractivity (Wildman–Crippen MR) is 110 cm³/mol. The van der Waals surface area contributed by atoms with Crippen molar-refractivity contribution in [2.75, 3.05) is 10.6 Å². The van der Waals surface area contributed by atoms with E-state index in [1.54, 1.807) is 12.4 Å². The number of pyridine rings is 1. The van der Waals surface area contributed by atoms with Crippen LogP contribution in [0.2, 0.25) is 0 Å². The minimum atomic E-state index is -2.95. The number of carbonyl (C=O) groups excluding carboxylic acids is 1. The average molecular weight is 413 g/mol. The Balaban J connectivity index is 1.62.